The highest BCUT2D eigenvalue weighted by Crippen LogP contribution is 2.27. The Kier molecular flexibility index (Phi) is 5.89. The molecule has 1 heterocycles. The van der Waals surface area contributed by atoms with Crippen molar-refractivity contribution >= 4 is 11.3 Å². The summed E-state index contributed by atoms with van der Waals surface area (Å²) in [6, 6.07) is 6.16. The molecule has 1 aromatic heterocycles. The molecule has 2 N–H and O–H groups in total. The fourth-order valence-electron chi connectivity index (χ4n) is 2.25. The molecule has 2 aromatic rings. The Balaban J connectivity index is 1.84. The molecule has 0 amide bonds. The summed E-state index contributed by atoms with van der Waals surface area (Å²) in [5.41, 5.74) is 0.820. The number of nitrogens with zero attached hydrogens (tertiary/aromatic N) is 1. The Labute approximate surface area is 141 Å². The molecular formula is C18H25FN2OS. The van der Waals surface area contributed by atoms with E-state index in [-0.39, 0.29) is 17.3 Å². The van der Waals surface area contributed by atoms with Crippen LogP contribution in [0.2, 0.25) is 0 Å². The van der Waals surface area contributed by atoms with Crippen LogP contribution in [0.25, 0.3) is 0 Å². The normalized spacial score (nSPS) is 14.7. The van der Waals surface area contributed by atoms with Gasteiger partial charge in [-0.3, -0.25) is 0 Å². The topological polar surface area (TPSA) is 45.1 Å². The molecular weight excluding hydrogens is 311 g/mol. The van der Waals surface area contributed by atoms with Gasteiger partial charge in [-0.2, -0.15) is 0 Å². The van der Waals surface area contributed by atoms with Gasteiger partial charge in [0.05, 0.1) is 11.1 Å². The zero-order valence-corrected chi connectivity index (χ0v) is 15.0. The van der Waals surface area contributed by atoms with E-state index in [0.717, 1.165) is 17.1 Å². The van der Waals surface area contributed by atoms with E-state index < -0.39 is 6.10 Å². The van der Waals surface area contributed by atoms with Gasteiger partial charge in [0.25, 0.3) is 0 Å². The van der Waals surface area contributed by atoms with Crippen LogP contribution in [-0.2, 0) is 12.0 Å². The number of aliphatic hydroxyl groups excluding tert-OH is 1. The number of nitrogens with one attached hydrogen (secondary N) is 1. The molecule has 2 unspecified atom stereocenters. The minimum atomic E-state index is -0.593. The van der Waals surface area contributed by atoms with Crippen molar-refractivity contribution in [3.8, 4) is 0 Å². The summed E-state index contributed by atoms with van der Waals surface area (Å²) in [7, 11) is 0. The number of halogens is 1. The van der Waals surface area contributed by atoms with Crippen molar-refractivity contribution < 1.29 is 9.50 Å². The van der Waals surface area contributed by atoms with Crippen LogP contribution in [0.15, 0.2) is 30.5 Å². The van der Waals surface area contributed by atoms with Crippen LogP contribution in [0.3, 0.4) is 0 Å². The van der Waals surface area contributed by atoms with E-state index in [1.807, 2.05) is 13.1 Å². The molecule has 0 aliphatic rings. The Hall–Kier alpha value is -1.30. The Morgan fingerprint density at radius 1 is 1.26 bits per heavy atom. The molecule has 23 heavy (non-hydrogen) atoms. The first-order chi connectivity index (χ1) is 10.8. The zero-order chi connectivity index (χ0) is 17.0. The Bertz CT molecular complexity index is 619. The van der Waals surface area contributed by atoms with Gasteiger partial charge < -0.3 is 10.4 Å². The molecule has 5 heteroatoms. The molecule has 2 atom stereocenters. The third-order valence-corrected chi connectivity index (χ3v) is 5.07. The molecule has 2 rings (SSSR count). The van der Waals surface area contributed by atoms with E-state index in [0.29, 0.717) is 6.42 Å². The van der Waals surface area contributed by atoms with Crippen LogP contribution in [-0.4, -0.2) is 16.1 Å². The molecule has 0 radical (unpaired) electrons. The van der Waals surface area contributed by atoms with Gasteiger partial charge in [0.1, 0.15) is 5.82 Å². The molecule has 0 fully saturated rings. The highest BCUT2D eigenvalue weighted by molar-refractivity contribution is 7.11. The predicted octanol–water partition coefficient (Wildman–Crippen LogP) is 4.18. The van der Waals surface area contributed by atoms with Gasteiger partial charge >= 0.3 is 0 Å². The largest absolute Gasteiger partial charge is 0.388 e. The van der Waals surface area contributed by atoms with E-state index >= 15 is 0 Å². The average Bonchev–Trinajstić information content (AvgIpc) is 2.95. The highest BCUT2D eigenvalue weighted by Gasteiger charge is 2.18. The lowest BCUT2D eigenvalue weighted by atomic mass is 9.98. The van der Waals surface area contributed by atoms with Crippen molar-refractivity contribution in [3.63, 3.8) is 0 Å². The lowest BCUT2D eigenvalue weighted by Gasteiger charge is -2.18. The number of hydrogen-bond donors (Lipinski definition) is 2. The van der Waals surface area contributed by atoms with Crippen molar-refractivity contribution in [1.82, 2.24) is 10.3 Å². The van der Waals surface area contributed by atoms with E-state index in [9.17, 15) is 9.50 Å². The van der Waals surface area contributed by atoms with E-state index in [1.54, 1.807) is 23.5 Å². The molecule has 0 aliphatic carbocycles. The maximum atomic E-state index is 12.9. The number of aliphatic hydroxyl groups is 1. The number of thiazole rings is 1. The first kappa shape index (κ1) is 18.0. The maximum absolute atomic E-state index is 12.9. The fraction of sp³-hybridized carbons (Fsp3) is 0.500. The monoisotopic (exact) mass is 336 g/mol. The summed E-state index contributed by atoms with van der Waals surface area (Å²) in [5.74, 6) is -0.285. The van der Waals surface area contributed by atoms with E-state index in [4.69, 9.17) is 0 Å². The summed E-state index contributed by atoms with van der Waals surface area (Å²) < 4.78 is 12.9. The summed E-state index contributed by atoms with van der Waals surface area (Å²) in [6.45, 7) is 9.25. The van der Waals surface area contributed by atoms with Crippen LogP contribution < -0.4 is 5.32 Å². The quantitative estimate of drug-likeness (QED) is 0.832. The van der Waals surface area contributed by atoms with E-state index in [2.05, 4.69) is 31.1 Å². The second kappa shape index (κ2) is 7.51. The Morgan fingerprint density at radius 2 is 1.91 bits per heavy atom. The SMILES string of the molecule is CC(CC(O)c1ccc(F)cc1)NCc1cnc(C(C)(C)C)s1. The van der Waals surface area contributed by atoms with Gasteiger partial charge in [-0.05, 0) is 31.0 Å². The molecule has 0 spiro atoms. The molecule has 126 valence electrons. The van der Waals surface area contributed by atoms with Crippen molar-refractivity contribution in [2.24, 2.45) is 0 Å². The summed E-state index contributed by atoms with van der Waals surface area (Å²) in [5, 5.41) is 14.8. The van der Waals surface area contributed by atoms with Gasteiger partial charge in [0.15, 0.2) is 0 Å². The third kappa shape index (κ3) is 5.37. The van der Waals surface area contributed by atoms with Crippen LogP contribution in [0.5, 0.6) is 0 Å². The van der Waals surface area contributed by atoms with Crippen molar-refractivity contribution in [1.29, 1.82) is 0 Å². The number of aromatic nitrogens is 1. The molecule has 0 bridgehead atoms. The van der Waals surface area contributed by atoms with Crippen molar-refractivity contribution in [2.75, 3.05) is 0 Å². The Morgan fingerprint density at radius 3 is 2.48 bits per heavy atom. The van der Waals surface area contributed by atoms with Gasteiger partial charge in [-0.1, -0.05) is 32.9 Å². The molecule has 0 aliphatic heterocycles. The first-order valence-corrected chi connectivity index (χ1v) is 8.69. The maximum Gasteiger partial charge on any atom is 0.123 e. The van der Waals surface area contributed by atoms with Crippen LogP contribution in [0.4, 0.5) is 4.39 Å². The van der Waals surface area contributed by atoms with Gasteiger partial charge in [0, 0.05) is 29.1 Å². The summed E-state index contributed by atoms with van der Waals surface area (Å²) in [4.78, 5) is 5.67. The standard InChI is InChI=1S/C18H25FN2OS/c1-12(9-16(22)13-5-7-14(19)8-6-13)20-10-15-11-21-17(23-15)18(2,3)4/h5-8,11-12,16,20,22H,9-10H2,1-4H3. The summed E-state index contributed by atoms with van der Waals surface area (Å²) >= 11 is 1.72. The molecule has 1 aromatic carbocycles. The number of benzene rings is 1. The minimum absolute atomic E-state index is 0.0767. The lowest BCUT2D eigenvalue weighted by molar-refractivity contribution is 0.154. The van der Waals surface area contributed by atoms with Crippen molar-refractivity contribution in [3.05, 3.63) is 51.7 Å². The number of hydrogen-bond acceptors (Lipinski definition) is 4. The fourth-order valence-corrected chi connectivity index (χ4v) is 3.17. The van der Waals surface area contributed by atoms with Crippen LogP contribution in [0, 0.1) is 5.82 Å². The molecule has 0 saturated heterocycles. The second-order valence-electron chi connectivity index (χ2n) is 6.97. The highest BCUT2D eigenvalue weighted by atomic mass is 32.1. The minimum Gasteiger partial charge on any atom is -0.388 e. The zero-order valence-electron chi connectivity index (χ0n) is 14.1. The number of rotatable bonds is 6. The second-order valence-corrected chi connectivity index (χ2v) is 8.08. The van der Waals surface area contributed by atoms with Gasteiger partial charge in [0.2, 0.25) is 0 Å². The van der Waals surface area contributed by atoms with E-state index in [1.165, 1.54) is 17.0 Å². The third-order valence-electron chi connectivity index (χ3n) is 3.65. The smallest absolute Gasteiger partial charge is 0.123 e. The van der Waals surface area contributed by atoms with Crippen LogP contribution >= 0.6 is 11.3 Å². The molecule has 3 nitrogen and oxygen atoms in total. The lowest BCUT2D eigenvalue weighted by Crippen LogP contribution is -2.27. The summed E-state index contributed by atoms with van der Waals surface area (Å²) in [6.07, 6.45) is 1.91. The molecule has 0 saturated carbocycles. The van der Waals surface area contributed by atoms with Gasteiger partial charge in [-0.25, -0.2) is 9.37 Å². The average molecular weight is 336 g/mol. The van der Waals surface area contributed by atoms with Crippen molar-refractivity contribution in [2.45, 2.75) is 58.2 Å². The van der Waals surface area contributed by atoms with Crippen LogP contribution in [0.1, 0.15) is 55.7 Å². The van der Waals surface area contributed by atoms with Gasteiger partial charge in [-0.15, -0.1) is 11.3 Å². The predicted molar refractivity (Wildman–Crippen MR) is 93.1 cm³/mol. The first-order valence-electron chi connectivity index (χ1n) is 7.88.